The van der Waals surface area contributed by atoms with Crippen molar-refractivity contribution >= 4 is 65.4 Å². The van der Waals surface area contributed by atoms with Crippen molar-refractivity contribution < 1.29 is 8.83 Å². The fourth-order valence-corrected chi connectivity index (χ4v) is 8.49. The number of fused-ring (bicyclic) bond motifs is 8. The predicted octanol–water partition coefficient (Wildman–Crippen LogP) is 14.3. The van der Waals surface area contributed by atoms with Gasteiger partial charge in [0.25, 0.3) is 0 Å². The van der Waals surface area contributed by atoms with Crippen LogP contribution in [0.1, 0.15) is 0 Å². The van der Waals surface area contributed by atoms with Crippen LogP contribution in [-0.2, 0) is 0 Å². The first-order chi connectivity index (χ1) is 28.7. The largest absolute Gasteiger partial charge is 0.456 e. The van der Waals surface area contributed by atoms with Crippen molar-refractivity contribution in [2.24, 2.45) is 0 Å². The molecule has 0 amide bonds. The number of furan rings is 2. The van der Waals surface area contributed by atoms with Crippen LogP contribution in [0.25, 0.3) is 122 Å². The quantitative estimate of drug-likeness (QED) is 0.176. The summed E-state index contributed by atoms with van der Waals surface area (Å²) in [6.45, 7) is 0. The maximum atomic E-state index is 6.81. The van der Waals surface area contributed by atoms with Gasteiger partial charge in [-0.15, -0.1) is 0 Å². The highest BCUT2D eigenvalue weighted by molar-refractivity contribution is 6.15. The van der Waals surface area contributed by atoms with Crippen LogP contribution in [0, 0.1) is 0 Å². The molecule has 0 radical (unpaired) electrons. The Labute approximate surface area is 332 Å². The van der Waals surface area contributed by atoms with Crippen molar-refractivity contribution in [2.75, 3.05) is 0 Å². The Morgan fingerprint density at radius 3 is 1.60 bits per heavy atom. The highest BCUT2D eigenvalue weighted by atomic mass is 16.3. The van der Waals surface area contributed by atoms with Crippen molar-refractivity contribution in [3.63, 3.8) is 0 Å². The summed E-state index contributed by atoms with van der Waals surface area (Å²) in [5.41, 5.74) is 10.5. The van der Waals surface area contributed by atoms with E-state index in [1.54, 1.807) is 0 Å². The van der Waals surface area contributed by atoms with Gasteiger partial charge in [-0.3, -0.25) is 0 Å². The van der Waals surface area contributed by atoms with E-state index in [0.29, 0.717) is 17.5 Å². The standard InChI is InChI=1S/C53H31N3O2/c1-2-12-33(13-3-1)40-17-9-20-45-46-21-10-19-44(50(46)58-49(40)45)41-18-8-15-35-30-37(25-27-39(35)41)52-54-51(36-24-23-32-11-4-5-14-34(32)29-36)55-53(56-52)38-26-28-43-42-16-6-7-22-47(42)57-48(43)31-38/h1-31H. The van der Waals surface area contributed by atoms with Crippen LogP contribution in [0.15, 0.2) is 197 Å². The van der Waals surface area contributed by atoms with Gasteiger partial charge in [0.15, 0.2) is 17.5 Å². The van der Waals surface area contributed by atoms with Crippen LogP contribution < -0.4 is 0 Å². The first-order valence-electron chi connectivity index (χ1n) is 19.4. The first-order valence-corrected chi connectivity index (χ1v) is 19.4. The van der Waals surface area contributed by atoms with Gasteiger partial charge in [-0.05, 0) is 63.0 Å². The average Bonchev–Trinajstić information content (AvgIpc) is 3.87. The summed E-state index contributed by atoms with van der Waals surface area (Å²) < 4.78 is 13.1. The van der Waals surface area contributed by atoms with Crippen molar-refractivity contribution in [3.05, 3.63) is 188 Å². The molecule has 3 aromatic heterocycles. The van der Waals surface area contributed by atoms with Gasteiger partial charge < -0.3 is 8.83 Å². The third kappa shape index (κ3) is 5.21. The van der Waals surface area contributed by atoms with Gasteiger partial charge in [0.2, 0.25) is 0 Å². The van der Waals surface area contributed by atoms with E-state index in [-0.39, 0.29) is 0 Å². The molecule has 12 rings (SSSR count). The Bertz CT molecular complexity index is 3580. The van der Waals surface area contributed by atoms with Gasteiger partial charge in [-0.2, -0.15) is 0 Å². The maximum absolute atomic E-state index is 6.81. The van der Waals surface area contributed by atoms with Crippen LogP contribution >= 0.6 is 0 Å². The molecule has 5 nitrogen and oxygen atoms in total. The van der Waals surface area contributed by atoms with Crippen LogP contribution in [0.2, 0.25) is 0 Å². The molecule has 270 valence electrons. The van der Waals surface area contributed by atoms with Gasteiger partial charge in [0, 0.05) is 49.4 Å². The van der Waals surface area contributed by atoms with Crippen molar-refractivity contribution in [3.8, 4) is 56.4 Å². The molecule has 58 heavy (non-hydrogen) atoms. The normalized spacial score (nSPS) is 11.8. The number of rotatable bonds is 5. The lowest BCUT2D eigenvalue weighted by Gasteiger charge is -2.11. The lowest BCUT2D eigenvalue weighted by Crippen LogP contribution is -2.00. The molecule has 0 fully saturated rings. The molecule has 0 aliphatic heterocycles. The highest BCUT2D eigenvalue weighted by Crippen LogP contribution is 2.42. The number of hydrogen-bond acceptors (Lipinski definition) is 5. The monoisotopic (exact) mass is 741 g/mol. The molecule has 0 spiro atoms. The van der Waals surface area contributed by atoms with Crippen molar-refractivity contribution in [1.82, 2.24) is 15.0 Å². The van der Waals surface area contributed by atoms with Gasteiger partial charge in [0.05, 0.1) is 0 Å². The van der Waals surface area contributed by atoms with E-state index in [0.717, 1.165) is 104 Å². The van der Waals surface area contributed by atoms with E-state index in [4.69, 9.17) is 23.8 Å². The van der Waals surface area contributed by atoms with Crippen LogP contribution in [0.5, 0.6) is 0 Å². The Balaban J connectivity index is 1.01. The maximum Gasteiger partial charge on any atom is 0.164 e. The molecule has 9 aromatic carbocycles. The topological polar surface area (TPSA) is 65.0 Å². The zero-order valence-corrected chi connectivity index (χ0v) is 31.1. The number of nitrogens with zero attached hydrogens (tertiary/aromatic N) is 3. The summed E-state index contributed by atoms with van der Waals surface area (Å²) in [5, 5.41) is 8.82. The second-order valence-corrected chi connectivity index (χ2v) is 14.8. The van der Waals surface area contributed by atoms with Gasteiger partial charge in [-0.25, -0.2) is 15.0 Å². The summed E-state index contributed by atoms with van der Waals surface area (Å²) in [7, 11) is 0. The number of benzene rings is 9. The summed E-state index contributed by atoms with van der Waals surface area (Å²) in [4.78, 5) is 15.3. The Kier molecular flexibility index (Phi) is 7.16. The van der Waals surface area contributed by atoms with E-state index in [1.807, 2.05) is 30.3 Å². The highest BCUT2D eigenvalue weighted by Gasteiger charge is 2.19. The zero-order valence-electron chi connectivity index (χ0n) is 31.1. The lowest BCUT2D eigenvalue weighted by molar-refractivity contribution is 0.669. The fraction of sp³-hybridized carbons (Fsp3) is 0. The van der Waals surface area contributed by atoms with Crippen molar-refractivity contribution in [1.29, 1.82) is 0 Å². The summed E-state index contributed by atoms with van der Waals surface area (Å²) >= 11 is 0. The molecule has 0 bridgehead atoms. The second kappa shape index (κ2) is 12.8. The van der Waals surface area contributed by atoms with Crippen LogP contribution in [0.4, 0.5) is 0 Å². The molecule has 0 atom stereocenters. The van der Waals surface area contributed by atoms with E-state index >= 15 is 0 Å². The molecule has 0 aliphatic carbocycles. The van der Waals surface area contributed by atoms with Gasteiger partial charge >= 0.3 is 0 Å². The van der Waals surface area contributed by atoms with E-state index in [1.165, 1.54) is 0 Å². The molecular formula is C53H31N3O2. The second-order valence-electron chi connectivity index (χ2n) is 14.8. The first kappa shape index (κ1) is 32.4. The number of aromatic nitrogens is 3. The molecule has 0 saturated heterocycles. The molecule has 0 saturated carbocycles. The fourth-order valence-electron chi connectivity index (χ4n) is 8.49. The Morgan fingerprint density at radius 1 is 0.276 bits per heavy atom. The smallest absolute Gasteiger partial charge is 0.164 e. The minimum absolute atomic E-state index is 0.579. The zero-order chi connectivity index (χ0) is 38.2. The van der Waals surface area contributed by atoms with E-state index < -0.39 is 0 Å². The summed E-state index contributed by atoms with van der Waals surface area (Å²) in [6, 6.07) is 65.2. The molecule has 0 unspecified atom stereocenters. The Morgan fingerprint density at radius 2 is 0.810 bits per heavy atom. The van der Waals surface area contributed by atoms with Gasteiger partial charge in [-0.1, -0.05) is 158 Å². The summed E-state index contributed by atoms with van der Waals surface area (Å²) in [5.74, 6) is 1.78. The minimum Gasteiger partial charge on any atom is -0.456 e. The molecule has 12 aromatic rings. The third-order valence-corrected chi connectivity index (χ3v) is 11.3. The van der Waals surface area contributed by atoms with E-state index in [9.17, 15) is 0 Å². The third-order valence-electron chi connectivity index (χ3n) is 11.3. The van der Waals surface area contributed by atoms with Crippen LogP contribution in [-0.4, -0.2) is 15.0 Å². The molecular weight excluding hydrogens is 711 g/mol. The van der Waals surface area contributed by atoms with Crippen molar-refractivity contribution in [2.45, 2.75) is 0 Å². The molecule has 0 N–H and O–H groups in total. The van der Waals surface area contributed by atoms with Gasteiger partial charge in [0.1, 0.15) is 22.3 Å². The molecule has 5 heteroatoms. The lowest BCUT2D eigenvalue weighted by atomic mass is 9.95. The predicted molar refractivity (Wildman–Crippen MR) is 237 cm³/mol. The molecule has 0 aliphatic rings. The Hall–Kier alpha value is -7.89. The van der Waals surface area contributed by atoms with E-state index in [2.05, 4.69) is 158 Å². The number of para-hydroxylation sites is 3. The molecule has 3 heterocycles. The number of hydrogen-bond donors (Lipinski definition) is 0. The minimum atomic E-state index is 0.579. The summed E-state index contributed by atoms with van der Waals surface area (Å²) in [6.07, 6.45) is 0. The average molecular weight is 742 g/mol. The SMILES string of the molecule is c1ccc(-c2cccc3c2oc2c(-c4cccc5cc(-c6nc(-c7ccc8ccccc8c7)nc(-c7ccc8c(c7)oc7ccccc78)n6)ccc45)cccc23)cc1. The van der Waals surface area contributed by atoms with Crippen LogP contribution in [0.3, 0.4) is 0 Å².